The number of aryl methyl sites for hydroxylation is 2. The van der Waals surface area contributed by atoms with Crippen molar-refractivity contribution in [2.24, 2.45) is 0 Å². The minimum Gasteiger partial charge on any atom is -0.468 e. The van der Waals surface area contributed by atoms with Gasteiger partial charge in [0.2, 0.25) is 0 Å². The van der Waals surface area contributed by atoms with Gasteiger partial charge in [-0.1, -0.05) is 177 Å². The molecule has 0 fully saturated rings. The maximum absolute atomic E-state index is 7.33. The SMILES string of the molecule is Cc1cc2c(c(C3(C)CCC(C)(C)c4ccc(B5c6ccc(N(c7ccccc7)c7ccccc7)cc6N(c6ccc(C(C)(C)C)cc6)c6c5oc5ccc(C)cc65)cc43)c1)C(C)(C)CCC2(C)C. The number of fused-ring (bicyclic) bond motifs is 6. The van der Waals surface area contributed by atoms with Crippen molar-refractivity contribution in [3.63, 3.8) is 0 Å². The molecular weight excluding hydrogens is 836 g/mol. The maximum atomic E-state index is 7.33. The second-order valence-electron chi connectivity index (χ2n) is 24.2. The van der Waals surface area contributed by atoms with Gasteiger partial charge in [-0.05, 0) is 161 Å². The number of nitrogens with zero attached hydrogens (tertiary/aromatic N) is 2. The first-order valence-corrected chi connectivity index (χ1v) is 25.5. The van der Waals surface area contributed by atoms with Crippen LogP contribution in [0.15, 0.2) is 156 Å². The van der Waals surface area contributed by atoms with Crippen molar-refractivity contribution in [2.75, 3.05) is 9.80 Å². The predicted octanol–water partition coefficient (Wildman–Crippen LogP) is 15.8. The molecule has 3 aliphatic rings. The van der Waals surface area contributed by atoms with Gasteiger partial charge >= 0.3 is 0 Å². The van der Waals surface area contributed by atoms with E-state index in [2.05, 4.69) is 245 Å². The van der Waals surface area contributed by atoms with Crippen LogP contribution in [0.5, 0.6) is 0 Å². The first-order valence-electron chi connectivity index (χ1n) is 25.5. The van der Waals surface area contributed by atoms with E-state index >= 15 is 0 Å². The van der Waals surface area contributed by atoms with Gasteiger partial charge in [0.25, 0.3) is 6.71 Å². The van der Waals surface area contributed by atoms with Crippen LogP contribution >= 0.6 is 0 Å². The summed E-state index contributed by atoms with van der Waals surface area (Å²) in [5.41, 5.74) is 22.7. The van der Waals surface area contributed by atoms with Crippen LogP contribution in [0, 0.1) is 13.8 Å². The van der Waals surface area contributed by atoms with Gasteiger partial charge in [0.15, 0.2) is 0 Å². The molecule has 11 rings (SSSR count). The molecule has 2 aliphatic carbocycles. The van der Waals surface area contributed by atoms with Crippen LogP contribution in [0.2, 0.25) is 0 Å². The van der Waals surface area contributed by atoms with Gasteiger partial charge in [0.1, 0.15) is 5.58 Å². The van der Waals surface area contributed by atoms with E-state index in [9.17, 15) is 0 Å². The molecule has 1 aromatic heterocycles. The highest BCUT2D eigenvalue weighted by atomic mass is 16.3. The molecule has 69 heavy (non-hydrogen) atoms. The molecule has 3 nitrogen and oxygen atoms in total. The largest absolute Gasteiger partial charge is 0.468 e. The van der Waals surface area contributed by atoms with Crippen LogP contribution < -0.4 is 26.4 Å². The average molecular weight is 905 g/mol. The second-order valence-corrected chi connectivity index (χ2v) is 24.2. The lowest BCUT2D eigenvalue weighted by atomic mass is 9.37. The Hall–Kier alpha value is -6.26. The van der Waals surface area contributed by atoms with E-state index in [1.54, 1.807) is 11.1 Å². The lowest BCUT2D eigenvalue weighted by Gasteiger charge is -2.49. The highest BCUT2D eigenvalue weighted by Gasteiger charge is 2.48. The molecule has 1 aliphatic heterocycles. The van der Waals surface area contributed by atoms with Crippen LogP contribution in [0.3, 0.4) is 0 Å². The van der Waals surface area contributed by atoms with Crippen molar-refractivity contribution in [2.45, 2.75) is 136 Å². The summed E-state index contributed by atoms with van der Waals surface area (Å²) >= 11 is 0. The van der Waals surface area contributed by atoms with Crippen molar-refractivity contribution < 1.29 is 4.42 Å². The summed E-state index contributed by atoms with van der Waals surface area (Å²) in [6, 6.07) is 57.4. The number of benzene rings is 7. The monoisotopic (exact) mass is 905 g/mol. The van der Waals surface area contributed by atoms with E-state index in [4.69, 9.17) is 4.42 Å². The molecule has 0 saturated carbocycles. The molecule has 348 valence electrons. The fourth-order valence-electron chi connectivity index (χ4n) is 12.6. The third-order valence-electron chi connectivity index (χ3n) is 16.8. The second kappa shape index (κ2) is 15.9. The first-order chi connectivity index (χ1) is 32.7. The number of rotatable bonds is 6. The fraction of sp³-hybridized carbons (Fsp3) is 0.323. The number of anilines is 6. The van der Waals surface area contributed by atoms with Crippen molar-refractivity contribution in [3.8, 4) is 0 Å². The molecule has 0 spiro atoms. The van der Waals surface area contributed by atoms with Crippen LogP contribution in [0.4, 0.5) is 34.1 Å². The summed E-state index contributed by atoms with van der Waals surface area (Å²) in [6.07, 6.45) is 4.62. The number of hydrogen-bond donors (Lipinski definition) is 0. The highest BCUT2D eigenvalue weighted by Crippen LogP contribution is 2.56. The molecule has 0 N–H and O–H groups in total. The number of hydrogen-bond acceptors (Lipinski definition) is 3. The van der Waals surface area contributed by atoms with Gasteiger partial charge in [0.05, 0.1) is 11.3 Å². The predicted molar refractivity (Wildman–Crippen MR) is 295 cm³/mol. The molecule has 4 heteroatoms. The Kier molecular flexibility index (Phi) is 10.4. The number of para-hydroxylation sites is 2. The van der Waals surface area contributed by atoms with E-state index < -0.39 is 0 Å². The minimum absolute atomic E-state index is 0.0201. The Morgan fingerprint density at radius 3 is 1.83 bits per heavy atom. The summed E-state index contributed by atoms with van der Waals surface area (Å²) in [4.78, 5) is 4.89. The average Bonchev–Trinajstić information content (AvgIpc) is 3.69. The van der Waals surface area contributed by atoms with Crippen molar-refractivity contribution in [3.05, 3.63) is 196 Å². The summed E-state index contributed by atoms with van der Waals surface area (Å²) in [5.74, 6) is 0. The summed E-state index contributed by atoms with van der Waals surface area (Å²) in [5, 5.41) is 1.13. The molecule has 2 heterocycles. The van der Waals surface area contributed by atoms with Gasteiger partial charge in [-0.15, -0.1) is 0 Å². The first kappa shape index (κ1) is 45.2. The Labute approximate surface area is 412 Å². The third kappa shape index (κ3) is 7.39. The topological polar surface area (TPSA) is 19.6 Å². The molecule has 1 unspecified atom stereocenters. The van der Waals surface area contributed by atoms with Gasteiger partial charge in [-0.2, -0.15) is 0 Å². The fourth-order valence-corrected chi connectivity index (χ4v) is 12.6. The van der Waals surface area contributed by atoms with E-state index in [-0.39, 0.29) is 33.8 Å². The van der Waals surface area contributed by atoms with Gasteiger partial charge in [-0.3, -0.25) is 0 Å². The van der Waals surface area contributed by atoms with Crippen molar-refractivity contribution >= 4 is 68.4 Å². The minimum atomic E-state index is -0.191. The molecule has 1 atom stereocenters. The molecule has 8 aromatic rings. The van der Waals surface area contributed by atoms with Crippen molar-refractivity contribution in [1.82, 2.24) is 0 Å². The van der Waals surface area contributed by atoms with Crippen molar-refractivity contribution in [1.29, 1.82) is 0 Å². The molecule has 7 aromatic carbocycles. The molecule has 0 bridgehead atoms. The normalized spacial score (nSPS) is 18.8. The Balaban J connectivity index is 1.19. The van der Waals surface area contributed by atoms with E-state index in [0.29, 0.717) is 0 Å². The summed E-state index contributed by atoms with van der Waals surface area (Å²) in [7, 11) is 0. The molecule has 0 radical (unpaired) electrons. The zero-order valence-corrected chi connectivity index (χ0v) is 43.1. The smallest absolute Gasteiger partial charge is 0.292 e. The quantitative estimate of drug-likeness (QED) is 0.155. The van der Waals surface area contributed by atoms with Crippen LogP contribution in [-0.2, 0) is 27.1 Å². The summed E-state index contributed by atoms with van der Waals surface area (Å²) in [6.45, 7) is 28.7. The van der Waals surface area contributed by atoms with Gasteiger partial charge in [0, 0.05) is 39.2 Å². The van der Waals surface area contributed by atoms with E-state index in [1.165, 1.54) is 57.1 Å². The zero-order valence-electron chi connectivity index (χ0n) is 43.1. The zero-order chi connectivity index (χ0) is 48.4. The van der Waals surface area contributed by atoms with Gasteiger partial charge in [-0.25, -0.2) is 0 Å². The maximum Gasteiger partial charge on any atom is 0.292 e. The molecule has 0 saturated heterocycles. The molecular formula is C65H69BN2O. The van der Waals surface area contributed by atoms with E-state index in [0.717, 1.165) is 63.6 Å². The standard InChI is InChI=1S/C65H69BN2O/c1-42-23-32-57-50(37-42)59-60(69-57)66(45-26-30-51-52(40-45)65(12,36-35-62(51,6)7)54-39-43(2)38-53-58(54)64(10,11)34-33-63(53,8)9)55-31-29-49(67(46-19-15-13-16-20-46)47-21-17-14-18-22-47)41-56(55)68(59)48-27-24-44(25-28-48)61(3,4)5/h13-32,37-41H,33-36H2,1-12H3. The van der Waals surface area contributed by atoms with Crippen LogP contribution in [0.1, 0.15) is 139 Å². The lowest BCUT2D eigenvalue weighted by Crippen LogP contribution is -2.57. The third-order valence-corrected chi connectivity index (χ3v) is 16.8. The number of furan rings is 1. The molecule has 0 amide bonds. The lowest BCUT2D eigenvalue weighted by molar-refractivity contribution is 0.312. The van der Waals surface area contributed by atoms with Crippen LogP contribution in [0.25, 0.3) is 11.0 Å². The summed E-state index contributed by atoms with van der Waals surface area (Å²) < 4.78 is 7.33. The Morgan fingerprint density at radius 1 is 0.536 bits per heavy atom. The van der Waals surface area contributed by atoms with Crippen LogP contribution in [-0.4, -0.2) is 6.71 Å². The van der Waals surface area contributed by atoms with E-state index in [1.807, 2.05) is 0 Å². The Morgan fingerprint density at radius 2 is 1.16 bits per heavy atom. The van der Waals surface area contributed by atoms with Gasteiger partial charge < -0.3 is 14.2 Å². The Bertz CT molecular complexity index is 3240. The highest BCUT2D eigenvalue weighted by molar-refractivity contribution is 6.97.